The number of methoxy groups -OCH3 is 1. The predicted octanol–water partition coefficient (Wildman–Crippen LogP) is 2.93. The normalized spacial score (nSPS) is 12.1. The maximum atomic E-state index is 13.0. The SMILES string of the molecule is COC(=O)Nc1nc2ccc([C@H](N)c3ccc(F)cc3)cc2[nH]1. The third kappa shape index (κ3) is 3.14. The lowest BCUT2D eigenvalue weighted by Gasteiger charge is -2.12. The maximum absolute atomic E-state index is 13.0. The molecule has 0 radical (unpaired) electrons. The summed E-state index contributed by atoms with van der Waals surface area (Å²) >= 11 is 0. The second-order valence-electron chi connectivity index (χ2n) is 5.01. The molecule has 0 saturated carbocycles. The fourth-order valence-electron chi connectivity index (χ4n) is 2.29. The molecule has 118 valence electrons. The van der Waals surface area contributed by atoms with Crippen LogP contribution in [0.4, 0.5) is 15.1 Å². The van der Waals surface area contributed by atoms with Crippen LogP contribution in [-0.4, -0.2) is 23.2 Å². The van der Waals surface area contributed by atoms with Crippen molar-refractivity contribution in [1.29, 1.82) is 0 Å². The molecule has 1 heterocycles. The van der Waals surface area contributed by atoms with Gasteiger partial charge in [0.2, 0.25) is 5.95 Å². The molecule has 0 aliphatic carbocycles. The number of hydrogen-bond donors (Lipinski definition) is 3. The van der Waals surface area contributed by atoms with Crippen molar-refractivity contribution in [3.63, 3.8) is 0 Å². The van der Waals surface area contributed by atoms with E-state index < -0.39 is 6.09 Å². The lowest BCUT2D eigenvalue weighted by molar-refractivity contribution is 0.186. The number of amides is 1. The minimum absolute atomic E-state index is 0.291. The fraction of sp³-hybridized carbons (Fsp3) is 0.125. The monoisotopic (exact) mass is 314 g/mol. The number of carbonyl (C=O) groups is 1. The summed E-state index contributed by atoms with van der Waals surface area (Å²) in [7, 11) is 1.28. The van der Waals surface area contributed by atoms with E-state index in [0.29, 0.717) is 11.5 Å². The van der Waals surface area contributed by atoms with Gasteiger partial charge in [-0.3, -0.25) is 5.32 Å². The van der Waals surface area contributed by atoms with Crippen molar-refractivity contribution in [2.75, 3.05) is 12.4 Å². The van der Waals surface area contributed by atoms with Crippen molar-refractivity contribution in [1.82, 2.24) is 9.97 Å². The third-order valence-electron chi connectivity index (χ3n) is 3.50. The number of nitrogens with two attached hydrogens (primary N) is 1. The highest BCUT2D eigenvalue weighted by molar-refractivity contribution is 5.86. The second kappa shape index (κ2) is 6.05. The smallest absolute Gasteiger partial charge is 0.413 e. The quantitative estimate of drug-likeness (QED) is 0.693. The zero-order valence-corrected chi connectivity index (χ0v) is 12.3. The summed E-state index contributed by atoms with van der Waals surface area (Å²) in [6, 6.07) is 11.2. The maximum Gasteiger partial charge on any atom is 0.413 e. The van der Waals surface area contributed by atoms with E-state index in [0.717, 1.165) is 16.6 Å². The molecule has 2 aromatic carbocycles. The first-order chi connectivity index (χ1) is 11.1. The molecule has 0 spiro atoms. The summed E-state index contributed by atoms with van der Waals surface area (Å²) in [6.07, 6.45) is -0.604. The minimum atomic E-state index is -0.604. The Balaban J connectivity index is 1.90. The Bertz CT molecular complexity index is 845. The van der Waals surface area contributed by atoms with Crippen LogP contribution in [0.1, 0.15) is 17.2 Å². The van der Waals surface area contributed by atoms with Gasteiger partial charge in [-0.1, -0.05) is 18.2 Å². The number of fused-ring (bicyclic) bond motifs is 1. The molecule has 6 nitrogen and oxygen atoms in total. The second-order valence-corrected chi connectivity index (χ2v) is 5.01. The Hall–Kier alpha value is -2.93. The highest BCUT2D eigenvalue weighted by Gasteiger charge is 2.12. The molecule has 1 amide bonds. The van der Waals surface area contributed by atoms with Crippen LogP contribution in [0.15, 0.2) is 42.5 Å². The van der Waals surface area contributed by atoms with Gasteiger partial charge >= 0.3 is 6.09 Å². The fourth-order valence-corrected chi connectivity index (χ4v) is 2.29. The van der Waals surface area contributed by atoms with Crippen LogP contribution >= 0.6 is 0 Å². The van der Waals surface area contributed by atoms with E-state index in [1.165, 1.54) is 19.2 Å². The number of nitrogens with zero attached hydrogens (tertiary/aromatic N) is 1. The summed E-state index contributed by atoms with van der Waals surface area (Å²) in [6.45, 7) is 0. The summed E-state index contributed by atoms with van der Waals surface area (Å²) in [5.41, 5.74) is 9.28. The van der Waals surface area contributed by atoms with Crippen LogP contribution in [0.3, 0.4) is 0 Å². The first-order valence-corrected chi connectivity index (χ1v) is 6.92. The van der Waals surface area contributed by atoms with E-state index in [9.17, 15) is 9.18 Å². The molecule has 3 rings (SSSR count). The lowest BCUT2D eigenvalue weighted by Crippen LogP contribution is -2.12. The highest BCUT2D eigenvalue weighted by atomic mass is 19.1. The Morgan fingerprint density at radius 3 is 2.65 bits per heavy atom. The number of aromatic amines is 1. The molecule has 0 saturated heterocycles. The number of imidazole rings is 1. The van der Waals surface area contributed by atoms with Crippen LogP contribution in [0, 0.1) is 5.82 Å². The van der Waals surface area contributed by atoms with Crippen molar-refractivity contribution >= 4 is 23.1 Å². The summed E-state index contributed by atoms with van der Waals surface area (Å²) < 4.78 is 17.5. The van der Waals surface area contributed by atoms with Crippen LogP contribution in [-0.2, 0) is 4.74 Å². The number of nitrogens with one attached hydrogen (secondary N) is 2. The van der Waals surface area contributed by atoms with Gasteiger partial charge in [0.05, 0.1) is 24.2 Å². The molecule has 23 heavy (non-hydrogen) atoms. The minimum Gasteiger partial charge on any atom is -0.453 e. The molecule has 0 fully saturated rings. The number of rotatable bonds is 3. The molecule has 0 bridgehead atoms. The Morgan fingerprint density at radius 2 is 1.96 bits per heavy atom. The van der Waals surface area contributed by atoms with Gasteiger partial charge in [-0.25, -0.2) is 14.2 Å². The summed E-state index contributed by atoms with van der Waals surface area (Å²) in [4.78, 5) is 18.4. The number of hydrogen-bond acceptors (Lipinski definition) is 4. The zero-order valence-electron chi connectivity index (χ0n) is 12.3. The largest absolute Gasteiger partial charge is 0.453 e. The van der Waals surface area contributed by atoms with Gasteiger partial charge in [-0.15, -0.1) is 0 Å². The third-order valence-corrected chi connectivity index (χ3v) is 3.50. The van der Waals surface area contributed by atoms with Gasteiger partial charge in [0, 0.05) is 0 Å². The molecule has 0 aliphatic heterocycles. The van der Waals surface area contributed by atoms with E-state index in [2.05, 4.69) is 20.0 Å². The van der Waals surface area contributed by atoms with Gasteiger partial charge in [0.15, 0.2) is 0 Å². The average Bonchev–Trinajstić information content (AvgIpc) is 2.96. The first-order valence-electron chi connectivity index (χ1n) is 6.92. The van der Waals surface area contributed by atoms with Crippen molar-refractivity contribution in [2.45, 2.75) is 6.04 Å². The summed E-state index contributed by atoms with van der Waals surface area (Å²) in [5, 5.41) is 2.47. The Labute approximate surface area is 131 Å². The van der Waals surface area contributed by atoms with Gasteiger partial charge in [-0.05, 0) is 35.4 Å². The van der Waals surface area contributed by atoms with E-state index in [4.69, 9.17) is 5.73 Å². The molecule has 1 atom stereocenters. The number of halogens is 1. The van der Waals surface area contributed by atoms with Gasteiger partial charge in [0.25, 0.3) is 0 Å². The molecular formula is C16H15FN4O2. The standard InChI is InChI=1S/C16H15FN4O2/c1-23-16(22)21-15-19-12-7-4-10(8-13(12)20-15)14(18)9-2-5-11(17)6-3-9/h2-8,14H,18H2,1H3,(H2,19,20,21,22)/t14-/m1/s1. The van der Waals surface area contributed by atoms with Crippen LogP contribution < -0.4 is 11.1 Å². The topological polar surface area (TPSA) is 93.0 Å². The van der Waals surface area contributed by atoms with E-state index in [1.807, 2.05) is 12.1 Å². The Morgan fingerprint density at radius 1 is 1.26 bits per heavy atom. The van der Waals surface area contributed by atoms with E-state index >= 15 is 0 Å². The molecule has 3 aromatic rings. The number of carbonyl (C=O) groups excluding carboxylic acids is 1. The van der Waals surface area contributed by atoms with E-state index in [-0.39, 0.29) is 11.9 Å². The molecular weight excluding hydrogens is 299 g/mol. The molecule has 0 aliphatic rings. The van der Waals surface area contributed by atoms with Crippen molar-refractivity contribution < 1.29 is 13.9 Å². The molecule has 4 N–H and O–H groups in total. The number of ether oxygens (including phenoxy) is 1. The predicted molar refractivity (Wildman–Crippen MR) is 84.6 cm³/mol. The number of H-pyrrole nitrogens is 1. The number of aromatic nitrogens is 2. The van der Waals surface area contributed by atoms with Gasteiger partial charge in [0.1, 0.15) is 5.82 Å². The first kappa shape index (κ1) is 15.0. The van der Waals surface area contributed by atoms with Crippen LogP contribution in [0.2, 0.25) is 0 Å². The molecule has 1 aromatic heterocycles. The van der Waals surface area contributed by atoms with Crippen molar-refractivity contribution in [2.24, 2.45) is 5.73 Å². The zero-order chi connectivity index (χ0) is 16.4. The Kier molecular flexibility index (Phi) is 3.94. The molecule has 0 unspecified atom stereocenters. The van der Waals surface area contributed by atoms with Crippen LogP contribution in [0.5, 0.6) is 0 Å². The van der Waals surface area contributed by atoms with Gasteiger partial charge in [-0.2, -0.15) is 0 Å². The number of anilines is 1. The van der Waals surface area contributed by atoms with Crippen molar-refractivity contribution in [3.8, 4) is 0 Å². The number of benzene rings is 2. The highest BCUT2D eigenvalue weighted by Crippen LogP contribution is 2.24. The molecule has 7 heteroatoms. The average molecular weight is 314 g/mol. The lowest BCUT2D eigenvalue weighted by atomic mass is 9.99. The van der Waals surface area contributed by atoms with E-state index in [1.54, 1.807) is 18.2 Å². The van der Waals surface area contributed by atoms with Gasteiger partial charge < -0.3 is 15.5 Å². The summed E-state index contributed by atoms with van der Waals surface area (Å²) in [5.74, 6) is -0.0112. The van der Waals surface area contributed by atoms with Crippen molar-refractivity contribution in [3.05, 3.63) is 59.4 Å². The van der Waals surface area contributed by atoms with Crippen LogP contribution in [0.25, 0.3) is 11.0 Å².